The lowest BCUT2D eigenvalue weighted by Crippen LogP contribution is -2.13. The zero-order chi connectivity index (χ0) is 9.19. The SMILES string of the molecule is CP(C)(=O)c1ccccc1CN. The van der Waals surface area contributed by atoms with Gasteiger partial charge in [0.1, 0.15) is 7.14 Å². The van der Waals surface area contributed by atoms with Crippen LogP contribution in [0.3, 0.4) is 0 Å². The summed E-state index contributed by atoms with van der Waals surface area (Å²) >= 11 is 0. The first-order valence-electron chi connectivity index (χ1n) is 3.89. The lowest BCUT2D eigenvalue weighted by atomic mass is 10.2. The maximum absolute atomic E-state index is 11.7. The minimum atomic E-state index is -2.15. The Kier molecular flexibility index (Phi) is 2.71. The Morgan fingerprint density at radius 1 is 1.33 bits per heavy atom. The fraction of sp³-hybridized carbons (Fsp3) is 0.333. The van der Waals surface area contributed by atoms with E-state index in [1.165, 1.54) is 0 Å². The maximum atomic E-state index is 11.7. The Bertz CT molecular complexity index is 316. The van der Waals surface area contributed by atoms with Gasteiger partial charge in [0.2, 0.25) is 0 Å². The summed E-state index contributed by atoms with van der Waals surface area (Å²) in [5, 5.41) is 0.910. The molecule has 0 amide bonds. The van der Waals surface area contributed by atoms with Gasteiger partial charge < -0.3 is 10.3 Å². The normalized spacial score (nSPS) is 11.6. The van der Waals surface area contributed by atoms with E-state index in [9.17, 15) is 4.57 Å². The predicted octanol–water partition coefficient (Wildman–Crippen LogP) is 1.39. The van der Waals surface area contributed by atoms with Gasteiger partial charge in [0.15, 0.2) is 0 Å². The van der Waals surface area contributed by atoms with Gasteiger partial charge in [-0.2, -0.15) is 0 Å². The maximum Gasteiger partial charge on any atom is 0.110 e. The Labute approximate surface area is 73.2 Å². The first-order valence-corrected chi connectivity index (χ1v) is 6.49. The molecule has 2 nitrogen and oxygen atoms in total. The van der Waals surface area contributed by atoms with E-state index >= 15 is 0 Å². The van der Waals surface area contributed by atoms with Gasteiger partial charge in [-0.25, -0.2) is 0 Å². The summed E-state index contributed by atoms with van der Waals surface area (Å²) in [5.41, 5.74) is 6.52. The summed E-state index contributed by atoms with van der Waals surface area (Å²) in [6.07, 6.45) is 0. The first kappa shape index (κ1) is 9.50. The molecule has 0 aromatic heterocycles. The summed E-state index contributed by atoms with van der Waals surface area (Å²) in [4.78, 5) is 0. The fourth-order valence-corrected chi connectivity index (χ4v) is 2.51. The topological polar surface area (TPSA) is 43.1 Å². The van der Waals surface area contributed by atoms with E-state index in [-0.39, 0.29) is 0 Å². The molecular formula is C9H14NOP. The monoisotopic (exact) mass is 183 g/mol. The van der Waals surface area contributed by atoms with E-state index in [1.54, 1.807) is 13.3 Å². The molecule has 0 aliphatic heterocycles. The van der Waals surface area contributed by atoms with Crippen LogP contribution in [0.1, 0.15) is 5.56 Å². The highest BCUT2D eigenvalue weighted by molar-refractivity contribution is 7.70. The van der Waals surface area contributed by atoms with Crippen molar-refractivity contribution < 1.29 is 4.57 Å². The van der Waals surface area contributed by atoms with Gasteiger partial charge in [0, 0.05) is 11.8 Å². The smallest absolute Gasteiger partial charge is 0.110 e. The van der Waals surface area contributed by atoms with Gasteiger partial charge in [0.25, 0.3) is 0 Å². The van der Waals surface area contributed by atoms with Gasteiger partial charge in [0.05, 0.1) is 0 Å². The van der Waals surface area contributed by atoms with Gasteiger partial charge in [-0.1, -0.05) is 24.3 Å². The molecule has 0 radical (unpaired) electrons. The summed E-state index contributed by atoms with van der Waals surface area (Å²) in [5.74, 6) is 0. The number of hydrogen-bond donors (Lipinski definition) is 1. The minimum absolute atomic E-state index is 0.460. The Morgan fingerprint density at radius 2 is 1.92 bits per heavy atom. The molecule has 0 aliphatic carbocycles. The zero-order valence-corrected chi connectivity index (χ0v) is 8.34. The van der Waals surface area contributed by atoms with Crippen molar-refractivity contribution in [3.8, 4) is 0 Å². The second-order valence-corrected chi connectivity index (χ2v) is 6.37. The lowest BCUT2D eigenvalue weighted by Gasteiger charge is -2.11. The highest BCUT2D eigenvalue weighted by atomic mass is 31.2. The van der Waals surface area contributed by atoms with Crippen molar-refractivity contribution in [2.24, 2.45) is 5.73 Å². The Balaban J connectivity index is 3.23. The minimum Gasteiger partial charge on any atom is -0.326 e. The highest BCUT2D eigenvalue weighted by Crippen LogP contribution is 2.35. The molecule has 3 heteroatoms. The van der Waals surface area contributed by atoms with Crippen LogP contribution >= 0.6 is 7.14 Å². The van der Waals surface area contributed by atoms with Crippen molar-refractivity contribution in [1.29, 1.82) is 0 Å². The zero-order valence-electron chi connectivity index (χ0n) is 7.45. The van der Waals surface area contributed by atoms with Crippen molar-refractivity contribution in [2.45, 2.75) is 6.54 Å². The second kappa shape index (κ2) is 3.42. The van der Waals surface area contributed by atoms with E-state index in [2.05, 4.69) is 0 Å². The standard InChI is InChI=1S/C9H14NOP/c1-12(2,11)9-6-4-3-5-8(9)7-10/h3-6H,7,10H2,1-2H3. The van der Waals surface area contributed by atoms with Crippen LogP contribution in [0.4, 0.5) is 0 Å². The van der Waals surface area contributed by atoms with Crippen molar-refractivity contribution in [1.82, 2.24) is 0 Å². The third kappa shape index (κ3) is 1.96. The van der Waals surface area contributed by atoms with Crippen LogP contribution < -0.4 is 11.0 Å². The molecule has 66 valence electrons. The quantitative estimate of drug-likeness (QED) is 0.704. The van der Waals surface area contributed by atoms with Crippen LogP contribution in [-0.2, 0) is 11.1 Å². The number of nitrogens with two attached hydrogens (primary N) is 1. The third-order valence-corrected chi connectivity index (χ3v) is 3.39. The van der Waals surface area contributed by atoms with E-state index in [4.69, 9.17) is 5.73 Å². The number of hydrogen-bond acceptors (Lipinski definition) is 2. The molecule has 0 spiro atoms. The number of benzene rings is 1. The summed E-state index contributed by atoms with van der Waals surface area (Å²) < 4.78 is 11.7. The summed E-state index contributed by atoms with van der Waals surface area (Å²) in [7, 11) is -2.15. The molecular weight excluding hydrogens is 169 g/mol. The van der Waals surface area contributed by atoms with Crippen LogP contribution in [0, 0.1) is 0 Å². The van der Waals surface area contributed by atoms with Crippen molar-refractivity contribution in [2.75, 3.05) is 13.3 Å². The van der Waals surface area contributed by atoms with Gasteiger partial charge in [-0.05, 0) is 18.9 Å². The first-order chi connectivity index (χ1) is 5.55. The van der Waals surface area contributed by atoms with Crippen molar-refractivity contribution >= 4 is 12.4 Å². The van der Waals surface area contributed by atoms with Crippen LogP contribution in [0.15, 0.2) is 24.3 Å². The molecule has 1 aromatic rings. The molecule has 12 heavy (non-hydrogen) atoms. The molecule has 0 heterocycles. The second-order valence-electron chi connectivity index (χ2n) is 3.18. The van der Waals surface area contributed by atoms with Gasteiger partial charge >= 0.3 is 0 Å². The van der Waals surface area contributed by atoms with E-state index in [0.717, 1.165) is 10.9 Å². The molecule has 0 atom stereocenters. The van der Waals surface area contributed by atoms with E-state index in [0.29, 0.717) is 6.54 Å². The van der Waals surface area contributed by atoms with Crippen LogP contribution in [0.25, 0.3) is 0 Å². The third-order valence-electron chi connectivity index (χ3n) is 1.79. The Hall–Kier alpha value is -0.590. The van der Waals surface area contributed by atoms with Crippen molar-refractivity contribution in [3.63, 3.8) is 0 Å². The predicted molar refractivity (Wildman–Crippen MR) is 53.4 cm³/mol. The molecule has 0 bridgehead atoms. The molecule has 0 unspecified atom stereocenters. The average Bonchev–Trinajstić information content (AvgIpc) is 2.03. The van der Waals surface area contributed by atoms with E-state index in [1.807, 2.05) is 24.3 Å². The molecule has 1 rings (SSSR count). The largest absolute Gasteiger partial charge is 0.326 e. The highest BCUT2D eigenvalue weighted by Gasteiger charge is 2.13. The summed E-state index contributed by atoms with van der Waals surface area (Å²) in [6, 6.07) is 7.63. The van der Waals surface area contributed by atoms with Crippen LogP contribution in [0.2, 0.25) is 0 Å². The van der Waals surface area contributed by atoms with Crippen molar-refractivity contribution in [3.05, 3.63) is 29.8 Å². The summed E-state index contributed by atoms with van der Waals surface area (Å²) in [6.45, 7) is 3.99. The molecule has 0 saturated heterocycles. The lowest BCUT2D eigenvalue weighted by molar-refractivity contribution is 0.588. The molecule has 1 aromatic carbocycles. The molecule has 2 N–H and O–H groups in total. The van der Waals surface area contributed by atoms with Crippen LogP contribution in [-0.4, -0.2) is 13.3 Å². The average molecular weight is 183 g/mol. The van der Waals surface area contributed by atoms with Gasteiger partial charge in [-0.3, -0.25) is 0 Å². The van der Waals surface area contributed by atoms with E-state index < -0.39 is 7.14 Å². The molecule has 0 saturated carbocycles. The fourth-order valence-electron chi connectivity index (χ4n) is 1.21. The van der Waals surface area contributed by atoms with Crippen LogP contribution in [0.5, 0.6) is 0 Å². The molecule has 0 fully saturated rings. The van der Waals surface area contributed by atoms with Gasteiger partial charge in [-0.15, -0.1) is 0 Å². The number of rotatable bonds is 2. The molecule has 0 aliphatic rings. The Morgan fingerprint density at radius 3 is 2.33 bits per heavy atom.